The van der Waals surface area contributed by atoms with Gasteiger partial charge in [-0.25, -0.2) is 4.98 Å². The molecule has 1 aliphatic rings. The molecule has 2 rings (SSSR count). The second-order valence-electron chi connectivity index (χ2n) is 3.71. The van der Waals surface area contributed by atoms with Crippen molar-refractivity contribution in [1.29, 1.82) is 0 Å². The Morgan fingerprint density at radius 3 is 3.14 bits per heavy atom. The number of aromatic nitrogens is 2. The monoisotopic (exact) mass is 196 g/mol. The summed E-state index contributed by atoms with van der Waals surface area (Å²) in [6, 6.07) is 0. The molecule has 1 fully saturated rings. The molecule has 0 aromatic carbocycles. The lowest BCUT2D eigenvalue weighted by Gasteiger charge is -2.21. The Bertz CT molecular complexity index is 279. The summed E-state index contributed by atoms with van der Waals surface area (Å²) in [6.07, 6.45) is 6.36. The van der Waals surface area contributed by atoms with Gasteiger partial charge in [0.1, 0.15) is 5.82 Å². The second-order valence-corrected chi connectivity index (χ2v) is 3.71. The maximum atomic E-state index is 8.85. The molecule has 1 atom stereocenters. The molecule has 1 saturated heterocycles. The van der Waals surface area contributed by atoms with E-state index in [1.807, 2.05) is 0 Å². The van der Waals surface area contributed by atoms with Crippen molar-refractivity contribution >= 4 is 0 Å². The topological polar surface area (TPSA) is 58.1 Å². The quantitative estimate of drug-likeness (QED) is 0.758. The number of aliphatic hydroxyl groups excluding tert-OH is 1. The molecule has 4 heteroatoms. The van der Waals surface area contributed by atoms with E-state index < -0.39 is 0 Å². The molecule has 0 aliphatic carbocycles. The Kier molecular flexibility index (Phi) is 3.16. The summed E-state index contributed by atoms with van der Waals surface area (Å²) in [6.45, 7) is 0.900. The number of imidazole rings is 1. The fraction of sp³-hybridized carbons (Fsp3) is 0.700. The van der Waals surface area contributed by atoms with E-state index in [9.17, 15) is 0 Å². The first-order valence-corrected chi connectivity index (χ1v) is 5.13. The lowest BCUT2D eigenvalue weighted by molar-refractivity contribution is 0.0157. The summed E-state index contributed by atoms with van der Waals surface area (Å²) in [5.74, 6) is 0.918. The SMILES string of the molecule is OCc1cnc(CC2CCCCO2)[nH]1. The van der Waals surface area contributed by atoms with E-state index in [1.54, 1.807) is 6.20 Å². The third kappa shape index (κ3) is 2.33. The molecule has 2 N–H and O–H groups in total. The van der Waals surface area contributed by atoms with E-state index in [0.717, 1.165) is 31.0 Å². The standard InChI is InChI=1S/C10H16N2O2/c13-7-8-6-11-10(12-8)5-9-3-1-2-4-14-9/h6,9,13H,1-5,7H2,(H,11,12). The van der Waals surface area contributed by atoms with Crippen molar-refractivity contribution in [3.63, 3.8) is 0 Å². The number of ether oxygens (including phenoxy) is 1. The van der Waals surface area contributed by atoms with Crippen molar-refractivity contribution in [2.75, 3.05) is 6.61 Å². The molecule has 4 nitrogen and oxygen atoms in total. The van der Waals surface area contributed by atoms with Crippen LogP contribution in [0.1, 0.15) is 30.8 Å². The van der Waals surface area contributed by atoms with Gasteiger partial charge in [0.2, 0.25) is 0 Å². The van der Waals surface area contributed by atoms with Crippen LogP contribution in [-0.4, -0.2) is 27.8 Å². The second kappa shape index (κ2) is 4.57. The Labute approximate surface area is 83.3 Å². The van der Waals surface area contributed by atoms with Gasteiger partial charge in [-0.2, -0.15) is 0 Å². The van der Waals surface area contributed by atoms with Gasteiger partial charge < -0.3 is 14.8 Å². The van der Waals surface area contributed by atoms with Gasteiger partial charge in [0, 0.05) is 13.0 Å². The maximum absolute atomic E-state index is 8.85. The third-order valence-electron chi connectivity index (χ3n) is 2.55. The summed E-state index contributed by atoms with van der Waals surface area (Å²) in [5, 5.41) is 8.85. The van der Waals surface area contributed by atoms with Gasteiger partial charge in [0.15, 0.2) is 0 Å². The average Bonchev–Trinajstić information content (AvgIpc) is 2.67. The molecule has 0 bridgehead atoms. The zero-order valence-electron chi connectivity index (χ0n) is 8.20. The van der Waals surface area contributed by atoms with Gasteiger partial charge in [-0.3, -0.25) is 0 Å². The van der Waals surface area contributed by atoms with Crippen LogP contribution in [0, 0.1) is 0 Å². The van der Waals surface area contributed by atoms with E-state index in [0.29, 0.717) is 6.10 Å². The molecular formula is C10H16N2O2. The predicted molar refractivity (Wildman–Crippen MR) is 51.8 cm³/mol. The van der Waals surface area contributed by atoms with Crippen LogP contribution in [0.15, 0.2) is 6.20 Å². The minimum Gasteiger partial charge on any atom is -0.390 e. The summed E-state index contributed by atoms with van der Waals surface area (Å²) < 4.78 is 5.60. The molecule has 0 amide bonds. The van der Waals surface area contributed by atoms with Gasteiger partial charge in [0.25, 0.3) is 0 Å². The molecule has 0 radical (unpaired) electrons. The van der Waals surface area contributed by atoms with Crippen LogP contribution in [0.4, 0.5) is 0 Å². The van der Waals surface area contributed by atoms with Crippen molar-refractivity contribution in [3.05, 3.63) is 17.7 Å². The first kappa shape index (κ1) is 9.68. The molecule has 78 valence electrons. The van der Waals surface area contributed by atoms with E-state index in [-0.39, 0.29) is 6.61 Å². The molecule has 0 saturated carbocycles. The number of nitrogens with zero attached hydrogens (tertiary/aromatic N) is 1. The number of hydrogen-bond acceptors (Lipinski definition) is 3. The number of aliphatic hydroxyl groups is 1. The third-order valence-corrected chi connectivity index (χ3v) is 2.55. The van der Waals surface area contributed by atoms with Gasteiger partial charge in [-0.05, 0) is 19.3 Å². The fourth-order valence-electron chi connectivity index (χ4n) is 1.77. The molecule has 1 aromatic rings. The summed E-state index contributed by atoms with van der Waals surface area (Å²) in [4.78, 5) is 7.25. The molecule has 1 aliphatic heterocycles. The number of aromatic amines is 1. The van der Waals surface area contributed by atoms with Crippen molar-refractivity contribution in [1.82, 2.24) is 9.97 Å². The number of rotatable bonds is 3. The lowest BCUT2D eigenvalue weighted by Crippen LogP contribution is -2.21. The highest BCUT2D eigenvalue weighted by Crippen LogP contribution is 2.15. The maximum Gasteiger partial charge on any atom is 0.108 e. The number of hydrogen-bond donors (Lipinski definition) is 2. The largest absolute Gasteiger partial charge is 0.390 e. The highest BCUT2D eigenvalue weighted by molar-refractivity contribution is 5.00. The molecule has 0 spiro atoms. The Hall–Kier alpha value is -0.870. The predicted octanol–water partition coefficient (Wildman–Crippen LogP) is 1.01. The summed E-state index contributed by atoms with van der Waals surface area (Å²) in [7, 11) is 0. The van der Waals surface area contributed by atoms with Crippen LogP contribution in [0.3, 0.4) is 0 Å². The van der Waals surface area contributed by atoms with Crippen LogP contribution in [0.5, 0.6) is 0 Å². The van der Waals surface area contributed by atoms with Crippen molar-refractivity contribution in [3.8, 4) is 0 Å². The van der Waals surface area contributed by atoms with Crippen LogP contribution in [0.25, 0.3) is 0 Å². The van der Waals surface area contributed by atoms with E-state index in [2.05, 4.69) is 9.97 Å². The zero-order chi connectivity index (χ0) is 9.80. The van der Waals surface area contributed by atoms with Gasteiger partial charge >= 0.3 is 0 Å². The highest BCUT2D eigenvalue weighted by Gasteiger charge is 2.15. The molecule has 2 heterocycles. The minimum absolute atomic E-state index is 0.0263. The average molecular weight is 196 g/mol. The summed E-state index contributed by atoms with van der Waals surface area (Å²) >= 11 is 0. The Morgan fingerprint density at radius 2 is 2.50 bits per heavy atom. The zero-order valence-corrected chi connectivity index (χ0v) is 8.20. The Balaban J connectivity index is 1.89. The smallest absolute Gasteiger partial charge is 0.108 e. The van der Waals surface area contributed by atoms with Crippen molar-refractivity contribution < 1.29 is 9.84 Å². The molecule has 1 unspecified atom stereocenters. The van der Waals surface area contributed by atoms with Crippen LogP contribution in [0.2, 0.25) is 0 Å². The number of H-pyrrole nitrogens is 1. The fourth-order valence-corrected chi connectivity index (χ4v) is 1.77. The Morgan fingerprint density at radius 1 is 1.57 bits per heavy atom. The molecule has 1 aromatic heterocycles. The van der Waals surface area contributed by atoms with E-state index in [1.165, 1.54) is 12.8 Å². The normalized spacial score (nSPS) is 22.5. The number of nitrogens with one attached hydrogen (secondary N) is 1. The molecule has 14 heavy (non-hydrogen) atoms. The van der Waals surface area contributed by atoms with Gasteiger partial charge in [-0.15, -0.1) is 0 Å². The summed E-state index contributed by atoms with van der Waals surface area (Å²) in [5.41, 5.74) is 0.774. The van der Waals surface area contributed by atoms with E-state index >= 15 is 0 Å². The lowest BCUT2D eigenvalue weighted by atomic mass is 10.1. The minimum atomic E-state index is 0.0263. The van der Waals surface area contributed by atoms with Crippen molar-refractivity contribution in [2.45, 2.75) is 38.4 Å². The van der Waals surface area contributed by atoms with Gasteiger partial charge in [-0.1, -0.05) is 0 Å². The van der Waals surface area contributed by atoms with Crippen molar-refractivity contribution in [2.24, 2.45) is 0 Å². The first-order chi connectivity index (χ1) is 6.88. The van der Waals surface area contributed by atoms with Crippen LogP contribution in [-0.2, 0) is 17.8 Å². The van der Waals surface area contributed by atoms with Gasteiger partial charge in [0.05, 0.1) is 24.6 Å². The van der Waals surface area contributed by atoms with Crippen LogP contribution >= 0.6 is 0 Å². The van der Waals surface area contributed by atoms with E-state index in [4.69, 9.17) is 9.84 Å². The van der Waals surface area contributed by atoms with Crippen LogP contribution < -0.4 is 0 Å². The first-order valence-electron chi connectivity index (χ1n) is 5.13. The molecular weight excluding hydrogens is 180 g/mol. The highest BCUT2D eigenvalue weighted by atomic mass is 16.5.